The highest BCUT2D eigenvalue weighted by Gasteiger charge is 2.19. The Labute approximate surface area is 169 Å². The van der Waals surface area contributed by atoms with Crippen LogP contribution in [0.2, 0.25) is 0 Å². The molecule has 0 radical (unpaired) electrons. The van der Waals surface area contributed by atoms with E-state index in [4.69, 9.17) is 4.74 Å². The molecule has 0 saturated heterocycles. The maximum absolute atomic E-state index is 12.3. The molecule has 1 aromatic heterocycles. The summed E-state index contributed by atoms with van der Waals surface area (Å²) < 4.78 is 7.94. The summed E-state index contributed by atoms with van der Waals surface area (Å²) in [6.45, 7) is 6.67. The van der Waals surface area contributed by atoms with Crippen molar-refractivity contribution in [1.82, 2.24) is 14.8 Å². The lowest BCUT2D eigenvalue weighted by Gasteiger charge is -2.15. The Morgan fingerprint density at radius 2 is 1.96 bits per heavy atom. The monoisotopic (exact) mass is 396 g/mol. The molecular weight excluding hydrogens is 372 g/mol. The van der Waals surface area contributed by atoms with Crippen molar-refractivity contribution in [3.63, 3.8) is 0 Å². The normalized spacial score (nSPS) is 11.8. The summed E-state index contributed by atoms with van der Waals surface area (Å²) >= 11 is 1.37. The smallest absolute Gasteiger partial charge is 0.234 e. The number of aryl methyl sites for hydroxylation is 1. The highest BCUT2D eigenvalue weighted by Crippen LogP contribution is 2.24. The molecule has 0 bridgehead atoms. The number of hydrogen-bond donors (Lipinski definition) is 1. The number of benzene rings is 2. The molecule has 28 heavy (non-hydrogen) atoms. The first-order chi connectivity index (χ1) is 13.6. The third kappa shape index (κ3) is 5.13. The van der Waals surface area contributed by atoms with Crippen LogP contribution >= 0.6 is 11.8 Å². The Morgan fingerprint density at radius 1 is 1.18 bits per heavy atom. The minimum Gasteiger partial charge on any atom is -0.483 e. The van der Waals surface area contributed by atoms with Crippen LogP contribution in [-0.4, -0.2) is 26.4 Å². The first-order valence-corrected chi connectivity index (χ1v) is 10.2. The zero-order chi connectivity index (χ0) is 19.9. The van der Waals surface area contributed by atoms with Crippen molar-refractivity contribution in [1.29, 1.82) is 0 Å². The highest BCUT2D eigenvalue weighted by molar-refractivity contribution is 7.99. The molecule has 0 aliphatic heterocycles. The largest absolute Gasteiger partial charge is 0.483 e. The lowest BCUT2D eigenvalue weighted by molar-refractivity contribution is -0.113. The fourth-order valence-electron chi connectivity index (χ4n) is 2.81. The van der Waals surface area contributed by atoms with E-state index >= 15 is 0 Å². The van der Waals surface area contributed by atoms with Crippen molar-refractivity contribution in [2.24, 2.45) is 0 Å². The third-order valence-corrected chi connectivity index (χ3v) is 5.08. The molecule has 6 nitrogen and oxygen atoms in total. The van der Waals surface area contributed by atoms with Gasteiger partial charge in [-0.25, -0.2) is 0 Å². The third-order valence-electron chi connectivity index (χ3n) is 4.12. The van der Waals surface area contributed by atoms with Gasteiger partial charge in [-0.3, -0.25) is 4.79 Å². The first-order valence-electron chi connectivity index (χ1n) is 9.21. The average Bonchev–Trinajstić information content (AvgIpc) is 3.10. The van der Waals surface area contributed by atoms with E-state index in [1.807, 2.05) is 79.9 Å². The van der Waals surface area contributed by atoms with Gasteiger partial charge in [0.05, 0.1) is 5.75 Å². The SMILES string of the molecule is CCn1c(SCC(=O)Nc2cccc(C)c2)nnc1C(C)Oc1ccccc1. The summed E-state index contributed by atoms with van der Waals surface area (Å²) in [5, 5.41) is 12.2. The highest BCUT2D eigenvalue weighted by atomic mass is 32.2. The van der Waals surface area contributed by atoms with Gasteiger partial charge in [-0.2, -0.15) is 0 Å². The second-order valence-corrected chi connectivity index (χ2v) is 7.31. The van der Waals surface area contributed by atoms with Crippen LogP contribution in [0.25, 0.3) is 0 Å². The van der Waals surface area contributed by atoms with Gasteiger partial charge in [0.2, 0.25) is 5.91 Å². The Kier molecular flexibility index (Phi) is 6.71. The lowest BCUT2D eigenvalue weighted by atomic mass is 10.2. The second-order valence-electron chi connectivity index (χ2n) is 6.36. The molecule has 146 valence electrons. The maximum atomic E-state index is 12.3. The quantitative estimate of drug-likeness (QED) is 0.569. The summed E-state index contributed by atoms with van der Waals surface area (Å²) in [6.07, 6.45) is -0.245. The minimum absolute atomic E-state index is 0.0728. The Morgan fingerprint density at radius 3 is 2.68 bits per heavy atom. The van der Waals surface area contributed by atoms with Gasteiger partial charge in [0.15, 0.2) is 17.1 Å². The number of anilines is 1. The molecule has 0 saturated carbocycles. The summed E-state index contributed by atoms with van der Waals surface area (Å²) in [6, 6.07) is 17.4. The van der Waals surface area contributed by atoms with Crippen molar-refractivity contribution in [3.8, 4) is 5.75 Å². The maximum Gasteiger partial charge on any atom is 0.234 e. The van der Waals surface area contributed by atoms with Gasteiger partial charge in [-0.15, -0.1) is 10.2 Å². The fourth-order valence-corrected chi connectivity index (χ4v) is 3.62. The van der Waals surface area contributed by atoms with Gasteiger partial charge in [0, 0.05) is 12.2 Å². The van der Waals surface area contributed by atoms with Gasteiger partial charge < -0.3 is 14.6 Å². The summed E-state index contributed by atoms with van der Waals surface area (Å²) in [5.41, 5.74) is 1.90. The molecule has 0 aliphatic carbocycles. The Hall–Kier alpha value is -2.80. The summed E-state index contributed by atoms with van der Waals surface area (Å²) in [5.74, 6) is 1.72. The van der Waals surface area contributed by atoms with Crippen LogP contribution in [0.5, 0.6) is 5.75 Å². The molecule has 1 heterocycles. The minimum atomic E-state index is -0.245. The first kappa shape index (κ1) is 19.9. The lowest BCUT2D eigenvalue weighted by Crippen LogP contribution is -2.15. The second kappa shape index (κ2) is 9.41. The van der Waals surface area contributed by atoms with E-state index in [1.54, 1.807) is 0 Å². The van der Waals surface area contributed by atoms with Crippen LogP contribution in [0.1, 0.15) is 31.3 Å². The van der Waals surface area contributed by atoms with Crippen LogP contribution in [0.15, 0.2) is 59.8 Å². The van der Waals surface area contributed by atoms with Gasteiger partial charge >= 0.3 is 0 Å². The molecule has 7 heteroatoms. The van der Waals surface area contributed by atoms with Gasteiger partial charge in [-0.1, -0.05) is 42.1 Å². The Balaban J connectivity index is 1.62. The summed E-state index contributed by atoms with van der Waals surface area (Å²) in [4.78, 5) is 12.3. The molecule has 2 aromatic carbocycles. The zero-order valence-electron chi connectivity index (χ0n) is 16.3. The molecule has 1 N–H and O–H groups in total. The topological polar surface area (TPSA) is 69.0 Å². The molecular formula is C21H24N4O2S. The molecule has 0 spiro atoms. The summed E-state index contributed by atoms with van der Waals surface area (Å²) in [7, 11) is 0. The number of para-hydroxylation sites is 1. The molecule has 0 aliphatic rings. The van der Waals surface area contributed by atoms with E-state index in [-0.39, 0.29) is 17.8 Å². The van der Waals surface area contributed by atoms with E-state index in [0.717, 1.165) is 22.8 Å². The number of ether oxygens (including phenoxy) is 1. The number of hydrogen-bond acceptors (Lipinski definition) is 5. The van der Waals surface area contributed by atoms with Crippen molar-refractivity contribution in [2.75, 3.05) is 11.1 Å². The van der Waals surface area contributed by atoms with Crippen LogP contribution in [0, 0.1) is 6.92 Å². The van der Waals surface area contributed by atoms with E-state index in [9.17, 15) is 4.79 Å². The predicted molar refractivity (Wildman–Crippen MR) is 112 cm³/mol. The van der Waals surface area contributed by atoms with E-state index < -0.39 is 0 Å². The number of aromatic nitrogens is 3. The molecule has 0 fully saturated rings. The van der Waals surface area contributed by atoms with Gasteiger partial charge in [0.1, 0.15) is 5.75 Å². The molecule has 1 atom stereocenters. The number of carbonyl (C=O) groups is 1. The van der Waals surface area contributed by atoms with Crippen molar-refractivity contribution >= 4 is 23.4 Å². The van der Waals surface area contributed by atoms with Crippen molar-refractivity contribution in [2.45, 2.75) is 38.6 Å². The van der Waals surface area contributed by atoms with Crippen molar-refractivity contribution < 1.29 is 9.53 Å². The molecule has 1 unspecified atom stereocenters. The average molecular weight is 397 g/mol. The molecule has 1 amide bonds. The number of carbonyl (C=O) groups excluding carboxylic acids is 1. The number of thioether (sulfide) groups is 1. The van der Waals surface area contributed by atoms with Gasteiger partial charge in [0.25, 0.3) is 0 Å². The van der Waals surface area contributed by atoms with E-state index in [1.165, 1.54) is 11.8 Å². The number of amides is 1. The zero-order valence-corrected chi connectivity index (χ0v) is 17.1. The predicted octanol–water partition coefficient (Wildman–Crippen LogP) is 4.48. The van der Waals surface area contributed by atoms with Crippen LogP contribution in [-0.2, 0) is 11.3 Å². The standard InChI is InChI=1S/C21H24N4O2S/c1-4-25-20(16(3)27-18-11-6-5-7-12-18)23-24-21(25)28-14-19(26)22-17-10-8-9-15(2)13-17/h5-13,16H,4,14H2,1-3H3,(H,22,26). The van der Waals surface area contributed by atoms with Crippen LogP contribution in [0.4, 0.5) is 5.69 Å². The number of nitrogens with zero attached hydrogens (tertiary/aromatic N) is 3. The Bertz CT molecular complexity index is 927. The van der Waals surface area contributed by atoms with Crippen LogP contribution < -0.4 is 10.1 Å². The number of nitrogens with one attached hydrogen (secondary N) is 1. The fraction of sp³-hybridized carbons (Fsp3) is 0.286. The molecule has 3 aromatic rings. The molecule has 3 rings (SSSR count). The number of rotatable bonds is 8. The van der Waals surface area contributed by atoms with Crippen molar-refractivity contribution in [3.05, 3.63) is 66.0 Å². The van der Waals surface area contributed by atoms with E-state index in [2.05, 4.69) is 15.5 Å². The van der Waals surface area contributed by atoms with E-state index in [0.29, 0.717) is 11.7 Å². The van der Waals surface area contributed by atoms with Gasteiger partial charge in [-0.05, 0) is 50.6 Å². The van der Waals surface area contributed by atoms with Crippen LogP contribution in [0.3, 0.4) is 0 Å².